The first-order valence-electron chi connectivity index (χ1n) is 4.88. The van der Waals surface area contributed by atoms with Crippen molar-refractivity contribution in [2.75, 3.05) is 6.54 Å². The highest BCUT2D eigenvalue weighted by Gasteiger charge is 2.31. The van der Waals surface area contributed by atoms with Gasteiger partial charge in [0, 0.05) is 11.4 Å². The lowest BCUT2D eigenvalue weighted by Crippen LogP contribution is -2.25. The van der Waals surface area contributed by atoms with E-state index in [2.05, 4.69) is 15.6 Å². The summed E-state index contributed by atoms with van der Waals surface area (Å²) in [6.07, 6.45) is 0. The molecule has 1 aliphatic heterocycles. The van der Waals surface area contributed by atoms with Crippen LogP contribution in [0.4, 0.5) is 0 Å². The smallest absolute Gasteiger partial charge is 0.254 e. The van der Waals surface area contributed by atoms with Crippen LogP contribution >= 0.6 is 11.3 Å². The molecule has 4 nitrogen and oxygen atoms in total. The first-order valence-corrected chi connectivity index (χ1v) is 5.76. The number of hydrogen-bond donors (Lipinski definition) is 2. The molecule has 0 radical (unpaired) electrons. The van der Waals surface area contributed by atoms with Crippen LogP contribution in [-0.4, -0.2) is 18.4 Å². The summed E-state index contributed by atoms with van der Waals surface area (Å²) in [4.78, 5) is 16.9. The van der Waals surface area contributed by atoms with E-state index in [1.165, 1.54) is 0 Å². The second-order valence-corrected chi connectivity index (χ2v) is 4.31. The molecular weight excluding hydrogens is 210 g/mol. The van der Waals surface area contributed by atoms with Crippen LogP contribution in [-0.2, 0) is 4.79 Å². The lowest BCUT2D eigenvalue weighted by atomic mass is 10.2. The van der Waals surface area contributed by atoms with Gasteiger partial charge in [-0.2, -0.15) is 0 Å². The van der Waals surface area contributed by atoms with Crippen molar-refractivity contribution in [1.29, 1.82) is 0 Å². The van der Waals surface area contributed by atoms with E-state index in [1.54, 1.807) is 11.3 Å². The number of nitrogens with zero attached hydrogens (tertiary/aromatic N) is 1. The van der Waals surface area contributed by atoms with E-state index in [1.807, 2.05) is 25.3 Å². The maximum atomic E-state index is 11.7. The van der Waals surface area contributed by atoms with E-state index in [0.717, 1.165) is 10.4 Å². The largest absolute Gasteiger partial charge is 0.340 e. The molecule has 1 unspecified atom stereocenters. The molecular formula is C10H13N3OS. The molecule has 0 saturated carbocycles. The van der Waals surface area contributed by atoms with Crippen molar-refractivity contribution in [2.45, 2.75) is 19.9 Å². The maximum absolute atomic E-state index is 11.7. The van der Waals surface area contributed by atoms with Crippen LogP contribution in [0.1, 0.15) is 23.4 Å². The number of guanidine groups is 1. The van der Waals surface area contributed by atoms with E-state index in [9.17, 15) is 4.79 Å². The van der Waals surface area contributed by atoms with Gasteiger partial charge in [-0.05, 0) is 30.9 Å². The van der Waals surface area contributed by atoms with Crippen molar-refractivity contribution in [3.8, 4) is 0 Å². The Morgan fingerprint density at radius 3 is 3.00 bits per heavy atom. The van der Waals surface area contributed by atoms with Crippen molar-refractivity contribution in [3.05, 3.63) is 21.9 Å². The molecule has 1 atom stereocenters. The number of rotatable bonds is 2. The van der Waals surface area contributed by atoms with E-state index in [0.29, 0.717) is 12.5 Å². The molecule has 0 aliphatic carbocycles. The quantitative estimate of drug-likeness (QED) is 0.791. The molecule has 5 heteroatoms. The number of carbonyl (C=O) groups is 1. The first kappa shape index (κ1) is 10.2. The van der Waals surface area contributed by atoms with Crippen molar-refractivity contribution in [3.63, 3.8) is 0 Å². The van der Waals surface area contributed by atoms with Crippen molar-refractivity contribution in [2.24, 2.45) is 4.99 Å². The third-order valence-corrected chi connectivity index (χ3v) is 3.35. The fourth-order valence-electron chi connectivity index (χ4n) is 1.54. The second-order valence-electron chi connectivity index (χ2n) is 3.36. The SMILES string of the molecule is CCN=C1NC(=O)C(c2sccc2C)N1. The van der Waals surface area contributed by atoms with Crippen LogP contribution in [0.3, 0.4) is 0 Å². The third kappa shape index (κ3) is 1.87. The van der Waals surface area contributed by atoms with Crippen LogP contribution in [0, 0.1) is 6.92 Å². The monoisotopic (exact) mass is 223 g/mol. The number of amides is 1. The van der Waals surface area contributed by atoms with Gasteiger partial charge in [0.05, 0.1) is 0 Å². The van der Waals surface area contributed by atoms with Gasteiger partial charge in [-0.3, -0.25) is 15.1 Å². The average molecular weight is 223 g/mol. The number of hydrogen-bond acceptors (Lipinski definition) is 3. The first-order chi connectivity index (χ1) is 7.22. The number of aliphatic imine (C=N–C) groups is 1. The number of carbonyl (C=O) groups excluding carboxylic acids is 1. The molecule has 0 bridgehead atoms. The van der Waals surface area contributed by atoms with E-state index >= 15 is 0 Å². The van der Waals surface area contributed by atoms with Gasteiger partial charge in [0.2, 0.25) is 0 Å². The fraction of sp³-hybridized carbons (Fsp3) is 0.400. The fourth-order valence-corrected chi connectivity index (χ4v) is 2.51. The Bertz CT molecular complexity index is 411. The predicted molar refractivity (Wildman–Crippen MR) is 61.1 cm³/mol. The average Bonchev–Trinajstić information content (AvgIpc) is 2.73. The Hall–Kier alpha value is -1.36. The standard InChI is InChI=1S/C10H13N3OS/c1-3-11-10-12-7(9(14)13-10)8-6(2)4-5-15-8/h4-5,7H,3H2,1-2H3,(H2,11,12,13,14). The van der Waals surface area contributed by atoms with E-state index < -0.39 is 0 Å². The number of nitrogens with one attached hydrogen (secondary N) is 2. The molecule has 0 aromatic carbocycles. The molecule has 2 rings (SSSR count). The minimum Gasteiger partial charge on any atom is -0.340 e. The van der Waals surface area contributed by atoms with E-state index in [-0.39, 0.29) is 11.9 Å². The Labute approximate surface area is 92.4 Å². The summed E-state index contributed by atoms with van der Waals surface area (Å²) in [7, 11) is 0. The highest BCUT2D eigenvalue weighted by molar-refractivity contribution is 7.10. The van der Waals surface area contributed by atoms with Crippen molar-refractivity contribution in [1.82, 2.24) is 10.6 Å². The molecule has 15 heavy (non-hydrogen) atoms. The predicted octanol–water partition coefficient (Wildman–Crippen LogP) is 1.19. The van der Waals surface area contributed by atoms with Gasteiger partial charge in [-0.1, -0.05) is 0 Å². The van der Waals surface area contributed by atoms with Gasteiger partial charge in [0.15, 0.2) is 5.96 Å². The zero-order chi connectivity index (χ0) is 10.8. The lowest BCUT2D eigenvalue weighted by Gasteiger charge is -2.05. The van der Waals surface area contributed by atoms with Crippen LogP contribution in [0.15, 0.2) is 16.4 Å². The number of aryl methyl sites for hydroxylation is 1. The van der Waals surface area contributed by atoms with Gasteiger partial charge in [-0.15, -0.1) is 11.3 Å². The van der Waals surface area contributed by atoms with Crippen LogP contribution in [0.5, 0.6) is 0 Å². The van der Waals surface area contributed by atoms with E-state index in [4.69, 9.17) is 0 Å². The summed E-state index contributed by atoms with van der Waals surface area (Å²) >= 11 is 1.59. The van der Waals surface area contributed by atoms with Gasteiger partial charge < -0.3 is 5.32 Å². The highest BCUT2D eigenvalue weighted by atomic mass is 32.1. The molecule has 2 N–H and O–H groups in total. The summed E-state index contributed by atoms with van der Waals surface area (Å²) in [6, 6.07) is 1.75. The molecule has 1 aromatic heterocycles. The zero-order valence-electron chi connectivity index (χ0n) is 8.70. The summed E-state index contributed by atoms with van der Waals surface area (Å²) in [6.45, 7) is 4.61. The van der Waals surface area contributed by atoms with Crippen molar-refractivity contribution < 1.29 is 4.79 Å². The Morgan fingerprint density at radius 2 is 2.40 bits per heavy atom. The minimum absolute atomic E-state index is 0.0206. The van der Waals surface area contributed by atoms with Gasteiger partial charge >= 0.3 is 0 Å². The summed E-state index contributed by atoms with van der Waals surface area (Å²) in [5.74, 6) is 0.563. The molecule has 2 heterocycles. The minimum atomic E-state index is -0.268. The van der Waals surface area contributed by atoms with Gasteiger partial charge in [-0.25, -0.2) is 0 Å². The Morgan fingerprint density at radius 1 is 1.60 bits per heavy atom. The Kier molecular flexibility index (Phi) is 2.73. The third-order valence-electron chi connectivity index (χ3n) is 2.26. The number of thiophene rings is 1. The van der Waals surface area contributed by atoms with Crippen LogP contribution in [0.25, 0.3) is 0 Å². The Balaban J connectivity index is 2.23. The summed E-state index contributed by atoms with van der Waals surface area (Å²) < 4.78 is 0. The molecule has 1 saturated heterocycles. The second kappa shape index (κ2) is 4.02. The molecule has 80 valence electrons. The van der Waals surface area contributed by atoms with Gasteiger partial charge in [0.1, 0.15) is 6.04 Å². The van der Waals surface area contributed by atoms with Crippen LogP contribution in [0.2, 0.25) is 0 Å². The molecule has 1 aromatic rings. The maximum Gasteiger partial charge on any atom is 0.254 e. The van der Waals surface area contributed by atoms with Crippen molar-refractivity contribution >= 4 is 23.2 Å². The highest BCUT2D eigenvalue weighted by Crippen LogP contribution is 2.25. The zero-order valence-corrected chi connectivity index (χ0v) is 9.52. The molecule has 0 spiro atoms. The van der Waals surface area contributed by atoms with Gasteiger partial charge in [0.25, 0.3) is 5.91 Å². The topological polar surface area (TPSA) is 53.5 Å². The van der Waals surface area contributed by atoms with Crippen LogP contribution < -0.4 is 10.6 Å². The molecule has 1 aliphatic rings. The molecule has 1 fully saturated rings. The molecule has 1 amide bonds. The summed E-state index contributed by atoms with van der Waals surface area (Å²) in [5.41, 5.74) is 1.14. The summed E-state index contributed by atoms with van der Waals surface area (Å²) in [5, 5.41) is 7.81. The lowest BCUT2D eigenvalue weighted by molar-refractivity contribution is -0.120. The normalized spacial score (nSPS) is 22.9.